The number of anilines is 1. The lowest BCUT2D eigenvalue weighted by Gasteiger charge is -2.06. The van der Waals surface area contributed by atoms with E-state index in [2.05, 4.69) is 15.3 Å². The molecule has 1 amide bonds. The van der Waals surface area contributed by atoms with Crippen molar-refractivity contribution in [1.29, 1.82) is 0 Å². The number of hydrogen-bond acceptors (Lipinski definition) is 3. The Bertz CT molecular complexity index is 578. The lowest BCUT2D eigenvalue weighted by molar-refractivity contribution is 0.102. The van der Waals surface area contributed by atoms with Crippen LogP contribution in [0.4, 0.5) is 5.82 Å². The third-order valence-electron chi connectivity index (χ3n) is 2.36. The van der Waals surface area contributed by atoms with Gasteiger partial charge in [-0.1, -0.05) is 28.8 Å². The Morgan fingerprint density at radius 3 is 2.39 bits per heavy atom. The Morgan fingerprint density at radius 2 is 1.78 bits per heavy atom. The molecule has 1 N–H and O–H groups in total. The third-order valence-corrected chi connectivity index (χ3v) is 2.57. The molecule has 0 radical (unpaired) electrons. The van der Waals surface area contributed by atoms with Gasteiger partial charge in [0.2, 0.25) is 0 Å². The SMILES string of the molecule is Cc1cc(C)cc(C(=O)Nc2cc(Cl)ncn2)c1. The van der Waals surface area contributed by atoms with E-state index in [1.54, 1.807) is 0 Å². The fraction of sp³-hybridized carbons (Fsp3) is 0.154. The lowest BCUT2D eigenvalue weighted by atomic mass is 10.1. The van der Waals surface area contributed by atoms with E-state index in [0.29, 0.717) is 16.5 Å². The lowest BCUT2D eigenvalue weighted by Crippen LogP contribution is -2.13. The molecule has 0 spiro atoms. The molecule has 0 bridgehead atoms. The van der Waals surface area contributed by atoms with Crippen molar-refractivity contribution >= 4 is 23.3 Å². The highest BCUT2D eigenvalue weighted by molar-refractivity contribution is 6.29. The standard InChI is InChI=1S/C13H12ClN3O/c1-8-3-9(2)5-10(4-8)13(18)17-12-6-11(14)15-7-16-12/h3-7H,1-2H3,(H,15,16,17,18). The second kappa shape index (κ2) is 5.14. The van der Waals surface area contributed by atoms with Crippen LogP contribution in [0.15, 0.2) is 30.6 Å². The summed E-state index contributed by atoms with van der Waals surface area (Å²) in [6.07, 6.45) is 1.30. The monoisotopic (exact) mass is 261 g/mol. The van der Waals surface area contributed by atoms with Crippen LogP contribution in [0.5, 0.6) is 0 Å². The number of amides is 1. The van der Waals surface area contributed by atoms with Gasteiger partial charge in [0.05, 0.1) is 0 Å². The highest BCUT2D eigenvalue weighted by Crippen LogP contribution is 2.13. The first-order valence-electron chi connectivity index (χ1n) is 5.42. The molecular weight excluding hydrogens is 250 g/mol. The number of halogens is 1. The van der Waals surface area contributed by atoms with Gasteiger partial charge in [0.25, 0.3) is 5.91 Å². The maximum atomic E-state index is 12.0. The quantitative estimate of drug-likeness (QED) is 0.846. The van der Waals surface area contributed by atoms with E-state index in [1.165, 1.54) is 12.4 Å². The minimum Gasteiger partial charge on any atom is -0.306 e. The van der Waals surface area contributed by atoms with Crippen LogP contribution < -0.4 is 5.32 Å². The van der Waals surface area contributed by atoms with Gasteiger partial charge < -0.3 is 5.32 Å². The Balaban J connectivity index is 2.22. The van der Waals surface area contributed by atoms with Crippen molar-refractivity contribution in [2.75, 3.05) is 5.32 Å². The number of benzene rings is 1. The minimum absolute atomic E-state index is 0.212. The van der Waals surface area contributed by atoms with Crippen molar-refractivity contribution in [3.63, 3.8) is 0 Å². The van der Waals surface area contributed by atoms with Crippen LogP contribution in [-0.4, -0.2) is 15.9 Å². The minimum atomic E-state index is -0.212. The van der Waals surface area contributed by atoms with Gasteiger partial charge in [0, 0.05) is 11.6 Å². The van der Waals surface area contributed by atoms with Crippen molar-refractivity contribution in [2.24, 2.45) is 0 Å². The van der Waals surface area contributed by atoms with E-state index in [0.717, 1.165) is 11.1 Å². The van der Waals surface area contributed by atoms with Crippen molar-refractivity contribution in [2.45, 2.75) is 13.8 Å². The van der Waals surface area contributed by atoms with E-state index in [9.17, 15) is 4.79 Å². The molecule has 92 valence electrons. The molecule has 18 heavy (non-hydrogen) atoms. The topological polar surface area (TPSA) is 54.9 Å². The summed E-state index contributed by atoms with van der Waals surface area (Å²) in [5, 5.41) is 2.97. The van der Waals surface area contributed by atoms with E-state index in [-0.39, 0.29) is 5.91 Å². The zero-order valence-electron chi connectivity index (χ0n) is 10.1. The van der Waals surface area contributed by atoms with Crippen molar-refractivity contribution in [1.82, 2.24) is 9.97 Å². The second-order valence-electron chi connectivity index (χ2n) is 4.06. The maximum absolute atomic E-state index is 12.0. The Morgan fingerprint density at radius 1 is 1.11 bits per heavy atom. The van der Waals surface area contributed by atoms with Gasteiger partial charge in [-0.25, -0.2) is 9.97 Å². The number of carbonyl (C=O) groups excluding carboxylic acids is 1. The number of nitrogens with one attached hydrogen (secondary N) is 1. The fourth-order valence-electron chi connectivity index (χ4n) is 1.70. The molecule has 5 heteroatoms. The van der Waals surface area contributed by atoms with Gasteiger partial charge in [-0.2, -0.15) is 0 Å². The van der Waals surface area contributed by atoms with E-state index >= 15 is 0 Å². The van der Waals surface area contributed by atoms with Crippen LogP contribution in [0.3, 0.4) is 0 Å². The number of aromatic nitrogens is 2. The number of aryl methyl sites for hydroxylation is 2. The van der Waals surface area contributed by atoms with E-state index in [4.69, 9.17) is 11.6 Å². The average Bonchev–Trinajstić information content (AvgIpc) is 2.27. The fourth-order valence-corrected chi connectivity index (χ4v) is 1.84. The second-order valence-corrected chi connectivity index (χ2v) is 4.44. The molecule has 4 nitrogen and oxygen atoms in total. The molecule has 0 atom stereocenters. The molecule has 1 aromatic heterocycles. The zero-order valence-corrected chi connectivity index (χ0v) is 10.8. The predicted molar refractivity (Wildman–Crippen MR) is 70.9 cm³/mol. The first-order chi connectivity index (χ1) is 8.54. The Kier molecular flexibility index (Phi) is 3.58. The number of hydrogen-bond donors (Lipinski definition) is 1. The molecule has 0 unspecified atom stereocenters. The molecule has 0 saturated heterocycles. The summed E-state index contributed by atoms with van der Waals surface area (Å²) in [5.74, 6) is 0.177. The van der Waals surface area contributed by atoms with Gasteiger partial charge in [-0.15, -0.1) is 0 Å². The van der Waals surface area contributed by atoms with Gasteiger partial charge in [0.1, 0.15) is 17.3 Å². The summed E-state index contributed by atoms with van der Waals surface area (Å²) in [4.78, 5) is 19.7. The first kappa shape index (κ1) is 12.5. The van der Waals surface area contributed by atoms with Crippen LogP contribution in [0.25, 0.3) is 0 Å². The smallest absolute Gasteiger partial charge is 0.256 e. The molecule has 1 aromatic carbocycles. The van der Waals surface area contributed by atoms with E-state index in [1.807, 2.05) is 32.0 Å². The highest BCUT2D eigenvalue weighted by atomic mass is 35.5. The molecule has 2 rings (SSSR count). The van der Waals surface area contributed by atoms with Crippen LogP contribution in [-0.2, 0) is 0 Å². The van der Waals surface area contributed by atoms with Crippen molar-refractivity contribution < 1.29 is 4.79 Å². The van der Waals surface area contributed by atoms with Crippen LogP contribution in [0, 0.1) is 13.8 Å². The summed E-state index contributed by atoms with van der Waals surface area (Å²) in [6, 6.07) is 7.16. The molecule has 0 aliphatic rings. The average molecular weight is 262 g/mol. The highest BCUT2D eigenvalue weighted by Gasteiger charge is 2.08. The summed E-state index contributed by atoms with van der Waals surface area (Å²) in [7, 11) is 0. The van der Waals surface area contributed by atoms with E-state index < -0.39 is 0 Å². The largest absolute Gasteiger partial charge is 0.306 e. The normalized spacial score (nSPS) is 10.2. The molecule has 0 fully saturated rings. The van der Waals surface area contributed by atoms with Crippen LogP contribution in [0.2, 0.25) is 5.15 Å². The summed E-state index contributed by atoms with van der Waals surface area (Å²) in [6.45, 7) is 3.90. The Hall–Kier alpha value is -1.94. The molecule has 0 aliphatic carbocycles. The van der Waals surface area contributed by atoms with Crippen LogP contribution in [0.1, 0.15) is 21.5 Å². The summed E-state index contributed by atoms with van der Waals surface area (Å²) in [5.41, 5.74) is 2.68. The molecule has 0 saturated carbocycles. The van der Waals surface area contributed by atoms with Crippen molar-refractivity contribution in [3.8, 4) is 0 Å². The molecule has 2 aromatic rings. The van der Waals surface area contributed by atoms with Gasteiger partial charge in [-0.3, -0.25) is 4.79 Å². The zero-order chi connectivity index (χ0) is 13.1. The third kappa shape index (κ3) is 3.05. The molecule has 1 heterocycles. The number of rotatable bonds is 2. The number of carbonyl (C=O) groups is 1. The maximum Gasteiger partial charge on any atom is 0.256 e. The van der Waals surface area contributed by atoms with Gasteiger partial charge in [0.15, 0.2) is 0 Å². The van der Waals surface area contributed by atoms with Gasteiger partial charge >= 0.3 is 0 Å². The molecule has 0 aliphatic heterocycles. The van der Waals surface area contributed by atoms with Crippen molar-refractivity contribution in [3.05, 3.63) is 52.4 Å². The summed E-state index contributed by atoms with van der Waals surface area (Å²) >= 11 is 5.72. The first-order valence-corrected chi connectivity index (χ1v) is 5.79. The predicted octanol–water partition coefficient (Wildman–Crippen LogP) is 3.00. The molecular formula is C13H12ClN3O. The summed E-state index contributed by atoms with van der Waals surface area (Å²) < 4.78 is 0. The van der Waals surface area contributed by atoms with Gasteiger partial charge in [-0.05, 0) is 26.0 Å². The van der Waals surface area contributed by atoms with Crippen LogP contribution >= 0.6 is 11.6 Å². The number of nitrogens with zero attached hydrogens (tertiary/aromatic N) is 2. The Labute approximate surface area is 110 Å².